The fraction of sp³-hybridized carbons (Fsp3) is 0.133. The summed E-state index contributed by atoms with van der Waals surface area (Å²) in [6, 6.07) is 8.82. The number of amides is 2. The van der Waals surface area contributed by atoms with Gasteiger partial charge in [0.05, 0.1) is 6.42 Å². The number of aryl methyl sites for hydroxylation is 1. The molecule has 1 aromatic carbocycles. The van der Waals surface area contributed by atoms with Crippen LogP contribution < -0.4 is 10.6 Å². The Balaban J connectivity index is 1.79. The van der Waals surface area contributed by atoms with Crippen molar-refractivity contribution in [1.29, 1.82) is 0 Å². The van der Waals surface area contributed by atoms with E-state index in [1.54, 1.807) is 30.5 Å². The van der Waals surface area contributed by atoms with E-state index in [2.05, 4.69) is 15.6 Å². The van der Waals surface area contributed by atoms with E-state index in [1.807, 2.05) is 13.0 Å². The predicted octanol–water partition coefficient (Wildman–Crippen LogP) is 2.14. The highest BCUT2D eigenvalue weighted by atomic mass is 16.2. The summed E-state index contributed by atoms with van der Waals surface area (Å²) in [6.45, 7) is 1.93. The van der Waals surface area contributed by atoms with Crippen LogP contribution in [0.25, 0.3) is 0 Å². The second-order valence-electron chi connectivity index (χ2n) is 4.77. The molecule has 0 aliphatic carbocycles. The van der Waals surface area contributed by atoms with Gasteiger partial charge in [-0.2, -0.15) is 0 Å². The summed E-state index contributed by atoms with van der Waals surface area (Å²) in [5.41, 5.74) is 3.15. The van der Waals surface area contributed by atoms with Gasteiger partial charge in [-0.25, -0.2) is 4.98 Å². The van der Waals surface area contributed by atoms with Crippen LogP contribution in [-0.2, 0) is 11.2 Å². The molecule has 0 spiro atoms. The summed E-state index contributed by atoms with van der Waals surface area (Å²) in [5.74, 6) is 0.216. The number of anilines is 2. The van der Waals surface area contributed by atoms with Gasteiger partial charge in [-0.1, -0.05) is 12.1 Å². The average molecular weight is 267 g/mol. The van der Waals surface area contributed by atoms with Gasteiger partial charge in [0, 0.05) is 17.4 Å². The van der Waals surface area contributed by atoms with E-state index in [9.17, 15) is 9.59 Å². The Kier molecular flexibility index (Phi) is 2.95. The fourth-order valence-corrected chi connectivity index (χ4v) is 2.09. The number of pyridine rings is 1. The van der Waals surface area contributed by atoms with E-state index in [0.29, 0.717) is 23.5 Å². The summed E-state index contributed by atoms with van der Waals surface area (Å²) in [5, 5.41) is 5.45. The molecule has 0 saturated carbocycles. The van der Waals surface area contributed by atoms with Crippen LogP contribution in [0.15, 0.2) is 36.5 Å². The van der Waals surface area contributed by atoms with Gasteiger partial charge in [-0.15, -0.1) is 0 Å². The second-order valence-corrected chi connectivity index (χ2v) is 4.77. The van der Waals surface area contributed by atoms with E-state index >= 15 is 0 Å². The lowest BCUT2D eigenvalue weighted by Gasteiger charge is -2.06. The Morgan fingerprint density at radius 1 is 1.30 bits per heavy atom. The Morgan fingerprint density at radius 2 is 2.15 bits per heavy atom. The number of rotatable bonds is 2. The van der Waals surface area contributed by atoms with E-state index in [-0.39, 0.29) is 11.8 Å². The van der Waals surface area contributed by atoms with Crippen LogP contribution in [0.2, 0.25) is 0 Å². The van der Waals surface area contributed by atoms with Crippen LogP contribution in [0.3, 0.4) is 0 Å². The van der Waals surface area contributed by atoms with Gasteiger partial charge in [0.2, 0.25) is 5.91 Å². The summed E-state index contributed by atoms with van der Waals surface area (Å²) < 4.78 is 0. The third-order valence-electron chi connectivity index (χ3n) is 3.15. The number of hydrogen-bond donors (Lipinski definition) is 2. The first-order valence-electron chi connectivity index (χ1n) is 6.28. The number of hydrogen-bond acceptors (Lipinski definition) is 3. The highest BCUT2D eigenvalue weighted by molar-refractivity contribution is 6.06. The lowest BCUT2D eigenvalue weighted by molar-refractivity contribution is -0.115. The molecule has 0 unspecified atom stereocenters. The maximum Gasteiger partial charge on any atom is 0.256 e. The first-order valence-corrected chi connectivity index (χ1v) is 6.28. The van der Waals surface area contributed by atoms with Crippen molar-refractivity contribution in [2.75, 3.05) is 10.6 Å². The molecule has 2 heterocycles. The molecule has 0 saturated heterocycles. The summed E-state index contributed by atoms with van der Waals surface area (Å²) in [6.07, 6.45) is 2.06. The molecule has 2 aromatic rings. The maximum absolute atomic E-state index is 12.1. The van der Waals surface area contributed by atoms with Gasteiger partial charge in [0.25, 0.3) is 5.91 Å². The van der Waals surface area contributed by atoms with Gasteiger partial charge in [0.1, 0.15) is 5.82 Å². The quantitative estimate of drug-likeness (QED) is 0.875. The van der Waals surface area contributed by atoms with Crippen molar-refractivity contribution in [2.24, 2.45) is 0 Å². The minimum atomic E-state index is -0.245. The number of benzene rings is 1. The molecule has 1 aliphatic heterocycles. The van der Waals surface area contributed by atoms with Crippen molar-refractivity contribution in [3.05, 3.63) is 53.2 Å². The smallest absolute Gasteiger partial charge is 0.256 e. The van der Waals surface area contributed by atoms with Crippen molar-refractivity contribution in [2.45, 2.75) is 13.3 Å². The zero-order valence-electron chi connectivity index (χ0n) is 10.9. The van der Waals surface area contributed by atoms with Gasteiger partial charge in [-0.3, -0.25) is 9.59 Å². The molecule has 1 aromatic heterocycles. The third kappa shape index (κ3) is 2.38. The van der Waals surface area contributed by atoms with Crippen molar-refractivity contribution >= 4 is 23.3 Å². The largest absolute Gasteiger partial charge is 0.326 e. The normalized spacial score (nSPS) is 12.8. The molecule has 0 radical (unpaired) electrons. The van der Waals surface area contributed by atoms with Crippen LogP contribution in [0.5, 0.6) is 0 Å². The molecule has 20 heavy (non-hydrogen) atoms. The Hall–Kier alpha value is -2.69. The lowest BCUT2D eigenvalue weighted by Crippen LogP contribution is -2.13. The molecular weight excluding hydrogens is 254 g/mol. The number of fused-ring (bicyclic) bond motifs is 1. The van der Waals surface area contributed by atoms with Crippen molar-refractivity contribution in [3.63, 3.8) is 0 Å². The Labute approximate surface area is 116 Å². The first kappa shape index (κ1) is 12.3. The standard InChI is InChI=1S/C15H13N3O2/c1-9-2-5-13(16-8-9)18-15(20)11-4-3-10-7-14(19)17-12(10)6-11/h2-6,8H,7H2,1H3,(H,17,19)(H,16,18,20). The van der Waals surface area contributed by atoms with E-state index < -0.39 is 0 Å². The maximum atomic E-state index is 12.1. The zero-order valence-corrected chi connectivity index (χ0v) is 10.9. The Bertz CT molecular complexity index is 693. The topological polar surface area (TPSA) is 71.1 Å². The van der Waals surface area contributed by atoms with Gasteiger partial charge in [-0.05, 0) is 36.2 Å². The number of carbonyl (C=O) groups excluding carboxylic acids is 2. The third-order valence-corrected chi connectivity index (χ3v) is 3.15. The molecular formula is C15H13N3O2. The summed E-state index contributed by atoms with van der Waals surface area (Å²) in [7, 11) is 0. The first-order chi connectivity index (χ1) is 9.61. The Morgan fingerprint density at radius 3 is 2.90 bits per heavy atom. The van der Waals surface area contributed by atoms with Crippen molar-refractivity contribution in [1.82, 2.24) is 4.98 Å². The number of nitrogens with one attached hydrogen (secondary N) is 2. The SMILES string of the molecule is Cc1ccc(NC(=O)c2ccc3c(c2)NC(=O)C3)nc1. The average Bonchev–Trinajstić information content (AvgIpc) is 2.80. The van der Waals surface area contributed by atoms with Crippen LogP contribution >= 0.6 is 0 Å². The molecule has 5 nitrogen and oxygen atoms in total. The molecule has 2 N–H and O–H groups in total. The molecule has 100 valence electrons. The molecule has 5 heteroatoms. The van der Waals surface area contributed by atoms with Crippen LogP contribution in [0, 0.1) is 6.92 Å². The fourth-order valence-electron chi connectivity index (χ4n) is 2.09. The van der Waals surface area contributed by atoms with Crippen LogP contribution in [-0.4, -0.2) is 16.8 Å². The number of carbonyl (C=O) groups is 2. The molecule has 2 amide bonds. The van der Waals surface area contributed by atoms with Gasteiger partial charge >= 0.3 is 0 Å². The van der Waals surface area contributed by atoms with Gasteiger partial charge in [0.15, 0.2) is 0 Å². The van der Waals surface area contributed by atoms with Crippen LogP contribution in [0.1, 0.15) is 21.5 Å². The molecule has 0 fully saturated rings. The molecule has 3 rings (SSSR count). The number of aromatic nitrogens is 1. The molecule has 0 atom stereocenters. The summed E-state index contributed by atoms with van der Waals surface area (Å²) >= 11 is 0. The number of nitrogens with zero attached hydrogens (tertiary/aromatic N) is 1. The monoisotopic (exact) mass is 267 g/mol. The predicted molar refractivity (Wildman–Crippen MR) is 75.7 cm³/mol. The second kappa shape index (κ2) is 4.77. The highest BCUT2D eigenvalue weighted by Gasteiger charge is 2.19. The minimum absolute atomic E-state index is 0.0437. The minimum Gasteiger partial charge on any atom is -0.326 e. The van der Waals surface area contributed by atoms with Crippen molar-refractivity contribution < 1.29 is 9.59 Å². The zero-order chi connectivity index (χ0) is 14.1. The highest BCUT2D eigenvalue weighted by Crippen LogP contribution is 2.24. The van der Waals surface area contributed by atoms with Crippen LogP contribution in [0.4, 0.5) is 11.5 Å². The van der Waals surface area contributed by atoms with Gasteiger partial charge < -0.3 is 10.6 Å². The lowest BCUT2D eigenvalue weighted by atomic mass is 10.1. The van der Waals surface area contributed by atoms with E-state index in [0.717, 1.165) is 11.1 Å². The molecule has 1 aliphatic rings. The molecule has 0 bridgehead atoms. The van der Waals surface area contributed by atoms with Crippen molar-refractivity contribution in [3.8, 4) is 0 Å². The van der Waals surface area contributed by atoms with E-state index in [4.69, 9.17) is 0 Å². The van der Waals surface area contributed by atoms with E-state index in [1.165, 1.54) is 0 Å². The summed E-state index contributed by atoms with van der Waals surface area (Å²) in [4.78, 5) is 27.5.